The van der Waals surface area contributed by atoms with Gasteiger partial charge in [0.25, 0.3) is 0 Å². The molecule has 2 rings (SSSR count). The second-order valence-electron chi connectivity index (χ2n) is 3.16. The quantitative estimate of drug-likeness (QED) is 0.494. The lowest BCUT2D eigenvalue weighted by molar-refractivity contribution is -0.150. The van der Waals surface area contributed by atoms with Crippen molar-refractivity contribution < 1.29 is 9.47 Å². The van der Waals surface area contributed by atoms with Crippen LogP contribution in [0.4, 0.5) is 0 Å². The first kappa shape index (κ1) is 7.32. The van der Waals surface area contributed by atoms with E-state index in [0.717, 1.165) is 13.2 Å². The smallest absolute Gasteiger partial charge is 0.164 e. The topological polar surface area (TPSA) is 18.5 Å². The van der Waals surface area contributed by atoms with Gasteiger partial charge in [0, 0.05) is 12.5 Å². The van der Waals surface area contributed by atoms with Crippen LogP contribution in [0.2, 0.25) is 0 Å². The Bertz CT molecular complexity index is 174. The Labute approximate surface area is 67.2 Å². The van der Waals surface area contributed by atoms with Crippen LogP contribution in [0, 0.1) is 5.92 Å². The maximum absolute atomic E-state index is 5.47. The van der Waals surface area contributed by atoms with Gasteiger partial charge in [-0.3, -0.25) is 0 Å². The Balaban J connectivity index is 2.10. The van der Waals surface area contributed by atoms with Gasteiger partial charge in [-0.2, -0.15) is 0 Å². The van der Waals surface area contributed by atoms with E-state index in [1.807, 2.05) is 0 Å². The molecule has 2 aliphatic heterocycles. The number of ether oxygens (including phenoxy) is 2. The third kappa shape index (κ3) is 1.21. The highest BCUT2D eigenvalue weighted by Crippen LogP contribution is 2.33. The van der Waals surface area contributed by atoms with E-state index in [9.17, 15) is 0 Å². The van der Waals surface area contributed by atoms with Crippen LogP contribution in [-0.2, 0) is 9.47 Å². The molecule has 0 radical (unpaired) electrons. The maximum Gasteiger partial charge on any atom is 0.164 e. The first-order chi connectivity index (χ1) is 5.42. The molecule has 62 valence electrons. The molecule has 0 bridgehead atoms. The molecule has 0 unspecified atom stereocenters. The van der Waals surface area contributed by atoms with Crippen LogP contribution in [0.15, 0.2) is 11.6 Å². The van der Waals surface area contributed by atoms with Crippen molar-refractivity contribution >= 4 is 0 Å². The second-order valence-corrected chi connectivity index (χ2v) is 3.16. The summed E-state index contributed by atoms with van der Waals surface area (Å²) >= 11 is 0. The Kier molecular flexibility index (Phi) is 1.96. The summed E-state index contributed by atoms with van der Waals surface area (Å²) in [4.78, 5) is 0. The lowest BCUT2D eigenvalue weighted by Gasteiger charge is -2.24. The standard InChI is InChI=1S/C9H14O2/c1-2-7-6-11-9-8(7)4-3-5-10-9/h2,8-9H,3-6H2,1H3/b7-2-/t8-,9+/m1/s1. The van der Waals surface area contributed by atoms with Crippen molar-refractivity contribution in [2.45, 2.75) is 26.1 Å². The van der Waals surface area contributed by atoms with Crippen molar-refractivity contribution in [3.05, 3.63) is 11.6 Å². The average Bonchev–Trinajstić information content (AvgIpc) is 2.47. The van der Waals surface area contributed by atoms with E-state index >= 15 is 0 Å². The average molecular weight is 154 g/mol. The van der Waals surface area contributed by atoms with Gasteiger partial charge in [-0.25, -0.2) is 0 Å². The summed E-state index contributed by atoms with van der Waals surface area (Å²) in [7, 11) is 0. The van der Waals surface area contributed by atoms with Gasteiger partial charge in [0.2, 0.25) is 0 Å². The predicted molar refractivity (Wildman–Crippen MR) is 42.2 cm³/mol. The highest BCUT2D eigenvalue weighted by atomic mass is 16.7. The predicted octanol–water partition coefficient (Wildman–Crippen LogP) is 1.72. The molecule has 2 fully saturated rings. The zero-order chi connectivity index (χ0) is 7.68. The lowest BCUT2D eigenvalue weighted by Crippen LogP contribution is -2.26. The Morgan fingerprint density at radius 1 is 1.45 bits per heavy atom. The van der Waals surface area contributed by atoms with Crippen LogP contribution >= 0.6 is 0 Å². The van der Waals surface area contributed by atoms with E-state index in [1.165, 1.54) is 18.4 Å². The molecule has 2 atom stereocenters. The zero-order valence-electron chi connectivity index (χ0n) is 6.88. The first-order valence-electron chi connectivity index (χ1n) is 4.30. The Morgan fingerprint density at radius 3 is 3.18 bits per heavy atom. The molecule has 2 aliphatic rings. The molecule has 0 aromatic heterocycles. The minimum Gasteiger partial charge on any atom is -0.352 e. The summed E-state index contributed by atoms with van der Waals surface area (Å²) in [6.45, 7) is 3.74. The van der Waals surface area contributed by atoms with Gasteiger partial charge >= 0.3 is 0 Å². The van der Waals surface area contributed by atoms with Crippen molar-refractivity contribution in [2.24, 2.45) is 5.92 Å². The van der Waals surface area contributed by atoms with E-state index in [4.69, 9.17) is 9.47 Å². The maximum atomic E-state index is 5.47. The fourth-order valence-corrected chi connectivity index (χ4v) is 1.86. The fraction of sp³-hybridized carbons (Fsp3) is 0.778. The summed E-state index contributed by atoms with van der Waals surface area (Å²) in [5.41, 5.74) is 1.43. The molecule has 0 N–H and O–H groups in total. The minimum atomic E-state index is 0.0787. The largest absolute Gasteiger partial charge is 0.352 e. The van der Waals surface area contributed by atoms with Crippen LogP contribution in [0.3, 0.4) is 0 Å². The normalized spacial score (nSPS) is 41.0. The number of allylic oxidation sites excluding steroid dienone is 1. The third-order valence-electron chi connectivity index (χ3n) is 2.53. The summed E-state index contributed by atoms with van der Waals surface area (Å²) in [6, 6.07) is 0. The molecule has 0 amide bonds. The van der Waals surface area contributed by atoms with E-state index < -0.39 is 0 Å². The highest BCUT2D eigenvalue weighted by molar-refractivity contribution is 5.11. The van der Waals surface area contributed by atoms with Gasteiger partial charge in [-0.15, -0.1) is 0 Å². The fourth-order valence-electron chi connectivity index (χ4n) is 1.86. The van der Waals surface area contributed by atoms with Crippen molar-refractivity contribution in [1.82, 2.24) is 0 Å². The molecule has 2 saturated heterocycles. The molecular weight excluding hydrogens is 140 g/mol. The molecule has 0 saturated carbocycles. The highest BCUT2D eigenvalue weighted by Gasteiger charge is 2.34. The van der Waals surface area contributed by atoms with Gasteiger partial charge in [0.05, 0.1) is 6.61 Å². The van der Waals surface area contributed by atoms with Crippen molar-refractivity contribution in [1.29, 1.82) is 0 Å². The molecule has 0 aromatic rings. The van der Waals surface area contributed by atoms with Crippen LogP contribution in [0.1, 0.15) is 19.8 Å². The van der Waals surface area contributed by atoms with Gasteiger partial charge in [-0.1, -0.05) is 6.08 Å². The number of hydrogen-bond acceptors (Lipinski definition) is 2. The van der Waals surface area contributed by atoms with Crippen LogP contribution in [0.25, 0.3) is 0 Å². The molecule has 0 spiro atoms. The summed E-state index contributed by atoms with van der Waals surface area (Å²) in [5.74, 6) is 0.564. The molecule has 2 heteroatoms. The Hall–Kier alpha value is -0.340. The molecule has 0 aromatic carbocycles. The number of hydrogen-bond donors (Lipinski definition) is 0. The molecule has 2 nitrogen and oxygen atoms in total. The molecule has 0 aliphatic carbocycles. The van der Waals surface area contributed by atoms with Gasteiger partial charge in [-0.05, 0) is 25.3 Å². The summed E-state index contributed by atoms with van der Waals surface area (Å²) in [5, 5.41) is 0. The van der Waals surface area contributed by atoms with E-state index in [0.29, 0.717) is 5.92 Å². The van der Waals surface area contributed by atoms with E-state index in [-0.39, 0.29) is 6.29 Å². The van der Waals surface area contributed by atoms with Crippen molar-refractivity contribution in [3.63, 3.8) is 0 Å². The minimum absolute atomic E-state index is 0.0787. The van der Waals surface area contributed by atoms with E-state index in [1.54, 1.807) is 0 Å². The number of rotatable bonds is 0. The zero-order valence-corrected chi connectivity index (χ0v) is 6.88. The third-order valence-corrected chi connectivity index (χ3v) is 2.53. The van der Waals surface area contributed by atoms with E-state index in [2.05, 4.69) is 13.0 Å². The monoisotopic (exact) mass is 154 g/mol. The second kappa shape index (κ2) is 2.95. The van der Waals surface area contributed by atoms with Crippen LogP contribution < -0.4 is 0 Å². The van der Waals surface area contributed by atoms with Crippen LogP contribution in [0.5, 0.6) is 0 Å². The van der Waals surface area contributed by atoms with Gasteiger partial charge in [0.1, 0.15) is 0 Å². The van der Waals surface area contributed by atoms with Crippen molar-refractivity contribution in [3.8, 4) is 0 Å². The molecular formula is C9H14O2. The van der Waals surface area contributed by atoms with Gasteiger partial charge < -0.3 is 9.47 Å². The Morgan fingerprint density at radius 2 is 2.36 bits per heavy atom. The van der Waals surface area contributed by atoms with Crippen LogP contribution in [-0.4, -0.2) is 19.5 Å². The van der Waals surface area contributed by atoms with Crippen molar-refractivity contribution in [2.75, 3.05) is 13.2 Å². The molecule has 2 heterocycles. The first-order valence-corrected chi connectivity index (χ1v) is 4.30. The number of fused-ring (bicyclic) bond motifs is 1. The summed E-state index contributed by atoms with van der Waals surface area (Å²) in [6.07, 6.45) is 4.67. The SMILES string of the molecule is C/C=C1/CO[C@@H]2OCCC[C@H]12. The summed E-state index contributed by atoms with van der Waals surface area (Å²) < 4.78 is 10.9. The lowest BCUT2D eigenvalue weighted by atomic mass is 9.94. The molecule has 11 heavy (non-hydrogen) atoms. The van der Waals surface area contributed by atoms with Gasteiger partial charge in [0.15, 0.2) is 6.29 Å².